The van der Waals surface area contributed by atoms with Crippen molar-refractivity contribution >= 4 is 18.9 Å². The second kappa shape index (κ2) is 10.1. The molecule has 0 spiro atoms. The van der Waals surface area contributed by atoms with E-state index in [0.29, 0.717) is 30.0 Å². The molecule has 0 aromatic carbocycles. The number of amides is 2. The third-order valence-corrected chi connectivity index (χ3v) is 8.94. The molecule has 2 aromatic heterocycles. The van der Waals surface area contributed by atoms with Crippen LogP contribution in [0.2, 0.25) is 0 Å². The monoisotopic (exact) mass is 522 g/mol. The number of nitrogens with one attached hydrogen (secondary N) is 2. The Morgan fingerprint density at radius 1 is 1.18 bits per heavy atom. The van der Waals surface area contributed by atoms with Crippen molar-refractivity contribution in [3.8, 4) is 0 Å². The van der Waals surface area contributed by atoms with Gasteiger partial charge in [-0.15, -0.1) is 0 Å². The van der Waals surface area contributed by atoms with Crippen molar-refractivity contribution in [1.82, 2.24) is 30.2 Å². The van der Waals surface area contributed by atoms with Crippen molar-refractivity contribution in [2.24, 2.45) is 30.2 Å². The molecule has 4 fully saturated rings. The smallest absolute Gasteiger partial charge is 0.404 e. The van der Waals surface area contributed by atoms with Gasteiger partial charge in [0.2, 0.25) is 5.91 Å². The van der Waals surface area contributed by atoms with Gasteiger partial charge in [0.1, 0.15) is 17.6 Å². The summed E-state index contributed by atoms with van der Waals surface area (Å²) >= 11 is 0. The quantitative estimate of drug-likeness (QED) is 0.485. The zero-order valence-corrected chi connectivity index (χ0v) is 23.2. The van der Waals surface area contributed by atoms with Crippen LogP contribution in [0.25, 0.3) is 0 Å². The van der Waals surface area contributed by atoms with Crippen LogP contribution in [-0.4, -0.2) is 62.1 Å². The van der Waals surface area contributed by atoms with Crippen LogP contribution in [0.3, 0.4) is 0 Å². The fourth-order valence-electron chi connectivity index (χ4n) is 6.58. The molecule has 3 aliphatic carbocycles. The Kier molecular flexibility index (Phi) is 7.11. The highest BCUT2D eigenvalue weighted by atomic mass is 16.7. The lowest BCUT2D eigenvalue weighted by Crippen LogP contribution is -2.63. The van der Waals surface area contributed by atoms with Crippen molar-refractivity contribution in [1.29, 1.82) is 0 Å². The van der Waals surface area contributed by atoms with Gasteiger partial charge in [-0.3, -0.25) is 14.6 Å². The first-order valence-electron chi connectivity index (χ1n) is 13.6. The Bertz CT molecular complexity index is 1170. The number of hydrogen-bond donors (Lipinski definition) is 2. The summed E-state index contributed by atoms with van der Waals surface area (Å²) in [6.45, 7) is 11.1. The number of hydrogen-bond acceptors (Lipinski definition) is 7. The van der Waals surface area contributed by atoms with Gasteiger partial charge >= 0.3 is 7.12 Å². The lowest BCUT2D eigenvalue weighted by atomic mass is 9.45. The summed E-state index contributed by atoms with van der Waals surface area (Å²) in [7, 11) is 1.31. The van der Waals surface area contributed by atoms with E-state index in [4.69, 9.17) is 9.31 Å². The van der Waals surface area contributed by atoms with Gasteiger partial charge in [0.15, 0.2) is 0 Å². The summed E-state index contributed by atoms with van der Waals surface area (Å²) in [6.07, 6.45) is 10.9. The molecule has 3 heterocycles. The summed E-state index contributed by atoms with van der Waals surface area (Å²) in [5.74, 6) is 0.924. The van der Waals surface area contributed by atoms with E-state index in [1.165, 1.54) is 25.0 Å². The molecule has 2 N–H and O–H groups in total. The molecule has 6 atom stereocenters. The SMILES string of the molecule is CC(C)C[C@H](NC(=O)C(Cc1nccn1C)NC(=O)c1cnccn1)B1O[C@@H]2[C@H]3C[C@@H](C[C@]2(C)O1)C3(C)C. The van der Waals surface area contributed by atoms with E-state index >= 15 is 0 Å². The molecule has 10 nitrogen and oxygen atoms in total. The maximum absolute atomic E-state index is 13.8. The van der Waals surface area contributed by atoms with Crippen LogP contribution in [0.15, 0.2) is 31.0 Å². The molecule has 1 saturated heterocycles. The van der Waals surface area contributed by atoms with Crippen molar-refractivity contribution in [2.45, 2.75) is 84.0 Å². The lowest BCUT2D eigenvalue weighted by molar-refractivity contribution is -0.185. The van der Waals surface area contributed by atoms with Crippen molar-refractivity contribution in [3.63, 3.8) is 0 Å². The minimum Gasteiger partial charge on any atom is -0.404 e. The van der Waals surface area contributed by atoms with E-state index in [2.05, 4.69) is 60.2 Å². The molecule has 1 unspecified atom stereocenters. The van der Waals surface area contributed by atoms with Gasteiger partial charge < -0.3 is 24.5 Å². The van der Waals surface area contributed by atoms with Crippen LogP contribution < -0.4 is 10.6 Å². The fraction of sp³-hybridized carbons (Fsp3) is 0.667. The van der Waals surface area contributed by atoms with Crippen LogP contribution >= 0.6 is 0 Å². The Balaban J connectivity index is 1.34. The number of aryl methyl sites for hydroxylation is 1. The van der Waals surface area contributed by atoms with E-state index in [1.807, 2.05) is 17.8 Å². The van der Waals surface area contributed by atoms with Crippen molar-refractivity contribution < 1.29 is 18.9 Å². The first-order valence-corrected chi connectivity index (χ1v) is 13.6. The second-order valence-corrected chi connectivity index (χ2v) is 12.4. The number of imidazole rings is 1. The molecule has 4 aliphatic rings. The molecule has 2 amide bonds. The number of nitrogens with zero attached hydrogens (tertiary/aromatic N) is 4. The molecule has 3 saturated carbocycles. The fourth-order valence-corrected chi connectivity index (χ4v) is 6.58. The molecular weight excluding hydrogens is 483 g/mol. The Morgan fingerprint density at radius 3 is 2.61 bits per heavy atom. The lowest BCUT2D eigenvalue weighted by Gasteiger charge is -2.63. The van der Waals surface area contributed by atoms with Crippen molar-refractivity contribution in [2.75, 3.05) is 0 Å². The predicted molar refractivity (Wildman–Crippen MR) is 142 cm³/mol. The molecule has 204 valence electrons. The van der Waals surface area contributed by atoms with E-state index in [9.17, 15) is 9.59 Å². The van der Waals surface area contributed by atoms with Gasteiger partial charge in [-0.1, -0.05) is 27.7 Å². The summed E-state index contributed by atoms with van der Waals surface area (Å²) < 4.78 is 15.1. The second-order valence-electron chi connectivity index (χ2n) is 12.4. The van der Waals surface area contributed by atoms with E-state index in [-0.39, 0.29) is 41.1 Å². The van der Waals surface area contributed by atoms with Gasteiger partial charge in [0.05, 0.1) is 23.8 Å². The van der Waals surface area contributed by atoms with Gasteiger partial charge in [-0.25, -0.2) is 9.97 Å². The number of carbonyl (C=O) groups excluding carboxylic acids is 2. The number of rotatable bonds is 9. The normalized spacial score (nSPS) is 28.8. The van der Waals surface area contributed by atoms with Gasteiger partial charge in [-0.2, -0.15) is 0 Å². The van der Waals surface area contributed by atoms with Gasteiger partial charge in [0.25, 0.3) is 5.91 Å². The largest absolute Gasteiger partial charge is 0.481 e. The maximum atomic E-state index is 13.8. The Labute approximate surface area is 224 Å². The third kappa shape index (κ3) is 4.98. The number of aromatic nitrogens is 4. The average Bonchev–Trinajstić information content (AvgIpc) is 3.45. The average molecular weight is 522 g/mol. The molecule has 0 radical (unpaired) electrons. The number of carbonyl (C=O) groups is 2. The Morgan fingerprint density at radius 2 is 1.97 bits per heavy atom. The molecular formula is C27H39BN6O4. The zero-order chi connectivity index (χ0) is 27.2. The van der Waals surface area contributed by atoms with Crippen molar-refractivity contribution in [3.05, 3.63) is 42.5 Å². The molecule has 1 aliphatic heterocycles. The van der Waals surface area contributed by atoms with Gasteiger partial charge in [0, 0.05) is 38.3 Å². The highest BCUT2D eigenvalue weighted by Crippen LogP contribution is 2.64. The maximum Gasteiger partial charge on any atom is 0.481 e. The minimum atomic E-state index is -0.869. The van der Waals surface area contributed by atoms with E-state index < -0.39 is 19.1 Å². The minimum absolute atomic E-state index is 0.0128. The van der Waals surface area contributed by atoms with Crippen LogP contribution in [0.5, 0.6) is 0 Å². The van der Waals surface area contributed by atoms with Crippen LogP contribution in [-0.2, 0) is 27.6 Å². The van der Waals surface area contributed by atoms with Crippen LogP contribution in [0, 0.1) is 23.2 Å². The predicted octanol–water partition coefficient (Wildman–Crippen LogP) is 2.35. The summed E-state index contributed by atoms with van der Waals surface area (Å²) in [4.78, 5) is 39.1. The summed E-state index contributed by atoms with van der Waals surface area (Å²) in [5.41, 5.74) is 0.0435. The molecule has 11 heteroatoms. The molecule has 2 aromatic rings. The highest BCUT2D eigenvalue weighted by molar-refractivity contribution is 6.48. The molecule has 6 rings (SSSR count). The molecule has 2 bridgehead atoms. The highest BCUT2D eigenvalue weighted by Gasteiger charge is 2.67. The first kappa shape index (κ1) is 26.8. The zero-order valence-electron chi connectivity index (χ0n) is 23.2. The third-order valence-electron chi connectivity index (χ3n) is 8.94. The van der Waals surface area contributed by atoms with E-state index in [1.54, 1.807) is 6.20 Å². The molecule has 38 heavy (non-hydrogen) atoms. The Hall–Kier alpha value is -2.79. The topological polar surface area (TPSA) is 120 Å². The van der Waals surface area contributed by atoms with Gasteiger partial charge in [-0.05, 0) is 49.4 Å². The summed E-state index contributed by atoms with van der Waals surface area (Å²) in [5, 5.41) is 6.02. The summed E-state index contributed by atoms with van der Waals surface area (Å²) in [6, 6.07) is -0.869. The first-order chi connectivity index (χ1) is 18.0. The van der Waals surface area contributed by atoms with Crippen LogP contribution in [0.4, 0.5) is 0 Å². The van der Waals surface area contributed by atoms with E-state index in [0.717, 1.165) is 6.42 Å². The van der Waals surface area contributed by atoms with Crippen LogP contribution in [0.1, 0.15) is 70.2 Å². The standard InChI is InChI=1S/C27H39BN6O4/c1-16(2)11-21(28-37-23-18-12-17(26(18,3)4)14-27(23,5)38-28)33-24(35)19(13-22-31-9-10-34(22)6)32-25(36)20-15-29-7-8-30-20/h7-10,15-19,21,23H,11-14H2,1-6H3,(H,32,36)(H,33,35)/t17-,18+,19?,21-,23+,27-/m0/s1.